The molecule has 0 unspecified atom stereocenters. The monoisotopic (exact) mass is 452 g/mol. The molecule has 3 rings (SSSR count). The van der Waals surface area contributed by atoms with E-state index in [2.05, 4.69) is 5.32 Å². The molecule has 8 nitrogen and oxygen atoms in total. The smallest absolute Gasteiger partial charge is 0.309 e. The summed E-state index contributed by atoms with van der Waals surface area (Å²) in [7, 11) is -3.51. The molecule has 30 heavy (non-hydrogen) atoms. The van der Waals surface area contributed by atoms with Crippen molar-refractivity contribution in [3.63, 3.8) is 0 Å². The van der Waals surface area contributed by atoms with Crippen LogP contribution in [-0.2, 0) is 24.3 Å². The third-order valence-corrected chi connectivity index (χ3v) is 7.95. The number of rotatable bonds is 8. The number of nitrogens with zero attached hydrogens (tertiary/aromatic N) is 1. The first-order valence-corrected chi connectivity index (χ1v) is 12.0. The van der Waals surface area contributed by atoms with Gasteiger partial charge >= 0.3 is 5.97 Å². The SMILES string of the molecule is CCOc1ccccc1NC(=O)COC(=O)C1CCN(S(=O)(=O)c2cccs2)CC1. The maximum absolute atomic E-state index is 12.5. The Hall–Kier alpha value is -2.43. The minimum Gasteiger partial charge on any atom is -0.492 e. The van der Waals surface area contributed by atoms with Crippen LogP contribution in [0, 0.1) is 5.92 Å². The summed E-state index contributed by atoms with van der Waals surface area (Å²) in [4.78, 5) is 24.5. The van der Waals surface area contributed by atoms with E-state index >= 15 is 0 Å². The van der Waals surface area contributed by atoms with E-state index in [1.54, 1.807) is 41.8 Å². The van der Waals surface area contributed by atoms with Crippen LogP contribution in [0.1, 0.15) is 19.8 Å². The molecule has 1 saturated heterocycles. The number of amides is 1. The van der Waals surface area contributed by atoms with Crippen LogP contribution < -0.4 is 10.1 Å². The Morgan fingerprint density at radius 1 is 1.17 bits per heavy atom. The number of piperidine rings is 1. The summed E-state index contributed by atoms with van der Waals surface area (Å²) < 4.78 is 37.4. The summed E-state index contributed by atoms with van der Waals surface area (Å²) in [6, 6.07) is 10.3. The van der Waals surface area contributed by atoms with Gasteiger partial charge in [0.25, 0.3) is 15.9 Å². The molecule has 2 aromatic rings. The number of nitrogens with one attached hydrogen (secondary N) is 1. The van der Waals surface area contributed by atoms with Crippen LogP contribution in [0.15, 0.2) is 46.0 Å². The highest BCUT2D eigenvalue weighted by molar-refractivity contribution is 7.91. The molecule has 0 bridgehead atoms. The quantitative estimate of drug-likeness (QED) is 0.618. The van der Waals surface area contributed by atoms with E-state index in [1.807, 2.05) is 6.92 Å². The molecule has 0 spiro atoms. The third-order valence-electron chi connectivity index (χ3n) is 4.68. The average molecular weight is 453 g/mol. The van der Waals surface area contributed by atoms with E-state index in [4.69, 9.17) is 9.47 Å². The summed E-state index contributed by atoms with van der Waals surface area (Å²) >= 11 is 1.17. The van der Waals surface area contributed by atoms with Crippen LogP contribution in [0.3, 0.4) is 0 Å². The highest BCUT2D eigenvalue weighted by atomic mass is 32.2. The maximum atomic E-state index is 12.5. The zero-order valence-electron chi connectivity index (χ0n) is 16.6. The Morgan fingerprint density at radius 3 is 2.57 bits per heavy atom. The van der Waals surface area contributed by atoms with Gasteiger partial charge in [0, 0.05) is 13.1 Å². The number of para-hydroxylation sites is 2. The van der Waals surface area contributed by atoms with Gasteiger partial charge in [-0.1, -0.05) is 18.2 Å². The van der Waals surface area contributed by atoms with E-state index in [0.717, 1.165) is 0 Å². The fraction of sp³-hybridized carbons (Fsp3) is 0.400. The summed E-state index contributed by atoms with van der Waals surface area (Å²) in [5.41, 5.74) is 0.507. The summed E-state index contributed by atoms with van der Waals surface area (Å²) in [5, 5.41) is 4.39. The molecule has 0 radical (unpaired) electrons. The van der Waals surface area contributed by atoms with Crippen molar-refractivity contribution in [1.29, 1.82) is 0 Å². The van der Waals surface area contributed by atoms with Gasteiger partial charge in [-0.05, 0) is 43.3 Å². The first-order chi connectivity index (χ1) is 14.4. The highest BCUT2D eigenvalue weighted by Crippen LogP contribution is 2.27. The Kier molecular flexibility index (Phi) is 7.46. The molecule has 1 N–H and O–H groups in total. The summed E-state index contributed by atoms with van der Waals surface area (Å²) in [6.45, 7) is 2.38. The molecule has 162 valence electrons. The van der Waals surface area contributed by atoms with Gasteiger partial charge in [-0.15, -0.1) is 11.3 Å². The predicted octanol–water partition coefficient (Wildman–Crippen LogP) is 2.73. The molecule has 1 aromatic carbocycles. The molecule has 0 atom stereocenters. The largest absolute Gasteiger partial charge is 0.492 e. The van der Waals surface area contributed by atoms with Crippen molar-refractivity contribution in [2.75, 3.05) is 31.6 Å². The molecule has 1 fully saturated rings. The lowest BCUT2D eigenvalue weighted by molar-refractivity contribution is -0.152. The van der Waals surface area contributed by atoms with Crippen LogP contribution in [0.4, 0.5) is 5.69 Å². The van der Waals surface area contributed by atoms with Gasteiger partial charge in [-0.2, -0.15) is 4.31 Å². The molecule has 0 saturated carbocycles. The Bertz CT molecular complexity index is 967. The number of anilines is 1. The van der Waals surface area contributed by atoms with Crippen molar-refractivity contribution in [2.45, 2.75) is 24.0 Å². The molecular formula is C20H24N2O6S2. The average Bonchev–Trinajstić information content (AvgIpc) is 3.30. The minimum atomic E-state index is -3.51. The minimum absolute atomic E-state index is 0.244. The predicted molar refractivity (Wildman–Crippen MR) is 113 cm³/mol. The number of ether oxygens (including phenoxy) is 2. The Morgan fingerprint density at radius 2 is 1.90 bits per heavy atom. The first kappa shape index (κ1) is 22.3. The topological polar surface area (TPSA) is 102 Å². The second-order valence-electron chi connectivity index (χ2n) is 6.70. The second kappa shape index (κ2) is 10.1. The lowest BCUT2D eigenvalue weighted by Crippen LogP contribution is -2.40. The van der Waals surface area contributed by atoms with Crippen molar-refractivity contribution >= 4 is 38.9 Å². The van der Waals surface area contributed by atoms with Gasteiger partial charge in [0.15, 0.2) is 6.61 Å². The number of sulfonamides is 1. The fourth-order valence-electron chi connectivity index (χ4n) is 3.16. The van der Waals surface area contributed by atoms with Gasteiger partial charge in [0.05, 0.1) is 18.2 Å². The molecule has 1 amide bonds. The lowest BCUT2D eigenvalue weighted by Gasteiger charge is -2.29. The highest BCUT2D eigenvalue weighted by Gasteiger charge is 2.33. The number of thiophene rings is 1. The normalized spacial score (nSPS) is 15.5. The van der Waals surface area contributed by atoms with Crippen molar-refractivity contribution in [1.82, 2.24) is 4.31 Å². The second-order valence-corrected chi connectivity index (χ2v) is 9.81. The first-order valence-electron chi connectivity index (χ1n) is 9.63. The van der Waals surface area contributed by atoms with E-state index in [1.165, 1.54) is 15.6 Å². The standard InChI is InChI=1S/C20H24N2O6S2/c1-2-27-17-7-4-3-6-16(17)21-18(23)14-28-20(24)15-9-11-22(12-10-15)30(25,26)19-8-5-13-29-19/h3-8,13,15H,2,9-12,14H2,1H3,(H,21,23). The summed E-state index contributed by atoms with van der Waals surface area (Å²) in [5.74, 6) is -0.841. The van der Waals surface area contributed by atoms with Gasteiger partial charge in [0.1, 0.15) is 9.96 Å². The van der Waals surface area contributed by atoms with Crippen molar-refractivity contribution < 1.29 is 27.5 Å². The maximum Gasteiger partial charge on any atom is 0.309 e. The third kappa shape index (κ3) is 5.38. The molecule has 0 aliphatic carbocycles. The number of hydrogen-bond acceptors (Lipinski definition) is 7. The van der Waals surface area contributed by atoms with Crippen molar-refractivity contribution in [3.05, 3.63) is 41.8 Å². The molecule has 2 heterocycles. The van der Waals surface area contributed by atoms with Crippen LogP contribution in [0.2, 0.25) is 0 Å². The molecule has 10 heteroatoms. The van der Waals surface area contributed by atoms with Crippen LogP contribution in [0.5, 0.6) is 5.75 Å². The number of hydrogen-bond donors (Lipinski definition) is 1. The molecule has 1 aliphatic heterocycles. The van der Waals surface area contributed by atoms with E-state index in [-0.39, 0.29) is 13.1 Å². The van der Waals surface area contributed by atoms with Crippen LogP contribution in [-0.4, -0.2) is 50.9 Å². The molecule has 1 aliphatic rings. The zero-order valence-corrected chi connectivity index (χ0v) is 18.2. The van der Waals surface area contributed by atoms with Crippen LogP contribution >= 0.6 is 11.3 Å². The van der Waals surface area contributed by atoms with E-state index < -0.39 is 34.4 Å². The number of esters is 1. The van der Waals surface area contributed by atoms with Crippen LogP contribution in [0.25, 0.3) is 0 Å². The number of benzene rings is 1. The zero-order chi connectivity index (χ0) is 21.6. The number of carbonyl (C=O) groups is 2. The number of carbonyl (C=O) groups excluding carboxylic acids is 2. The summed E-state index contributed by atoms with van der Waals surface area (Å²) in [6.07, 6.45) is 0.719. The fourth-order valence-corrected chi connectivity index (χ4v) is 5.78. The Balaban J connectivity index is 1.47. The Labute approximate surface area is 179 Å². The van der Waals surface area contributed by atoms with E-state index in [9.17, 15) is 18.0 Å². The van der Waals surface area contributed by atoms with Gasteiger partial charge in [0.2, 0.25) is 0 Å². The van der Waals surface area contributed by atoms with Crippen molar-refractivity contribution in [3.8, 4) is 5.75 Å². The van der Waals surface area contributed by atoms with Crippen molar-refractivity contribution in [2.24, 2.45) is 5.92 Å². The van der Waals surface area contributed by atoms with Gasteiger partial charge in [-0.25, -0.2) is 8.42 Å². The van der Waals surface area contributed by atoms with E-state index in [0.29, 0.717) is 35.1 Å². The van der Waals surface area contributed by atoms with Gasteiger partial charge < -0.3 is 14.8 Å². The lowest BCUT2D eigenvalue weighted by atomic mass is 9.98. The van der Waals surface area contributed by atoms with Gasteiger partial charge in [-0.3, -0.25) is 9.59 Å². The molecular weight excluding hydrogens is 428 g/mol. The molecule has 1 aromatic heterocycles.